The van der Waals surface area contributed by atoms with Crippen molar-refractivity contribution in [3.05, 3.63) is 69.0 Å². The van der Waals surface area contributed by atoms with Crippen molar-refractivity contribution in [3.8, 4) is 5.75 Å². The third-order valence-corrected chi connectivity index (χ3v) is 6.39. The second-order valence-corrected chi connectivity index (χ2v) is 8.92. The summed E-state index contributed by atoms with van der Waals surface area (Å²) in [4.78, 5) is 0. The second-order valence-electron chi connectivity index (χ2n) is 7.16. The van der Waals surface area contributed by atoms with Crippen LogP contribution in [0.15, 0.2) is 41.6 Å². The van der Waals surface area contributed by atoms with Gasteiger partial charge in [-0.1, -0.05) is 67.0 Å². The van der Waals surface area contributed by atoms with Crippen LogP contribution in [0.1, 0.15) is 49.2 Å². The quantitative estimate of drug-likeness (QED) is 0.350. The summed E-state index contributed by atoms with van der Waals surface area (Å²) in [6.45, 7) is 9.66. The van der Waals surface area contributed by atoms with Crippen molar-refractivity contribution in [2.45, 2.75) is 57.7 Å². The Balaban J connectivity index is 1.71. The highest BCUT2D eigenvalue weighted by Gasteiger charge is 2.14. The molecule has 0 aliphatic carbocycles. The van der Waals surface area contributed by atoms with E-state index in [0.29, 0.717) is 22.6 Å². The van der Waals surface area contributed by atoms with Gasteiger partial charge in [-0.2, -0.15) is 0 Å². The monoisotopic (exact) mass is 449 g/mol. The first-order valence-corrected chi connectivity index (χ1v) is 11.3. The molecule has 3 aromatic rings. The molecule has 29 heavy (non-hydrogen) atoms. The number of aryl methyl sites for hydroxylation is 1. The maximum absolute atomic E-state index is 6.15. The number of benzene rings is 2. The van der Waals surface area contributed by atoms with Gasteiger partial charge in [0.1, 0.15) is 12.4 Å². The molecule has 0 N–H and O–H groups in total. The molecule has 0 aliphatic heterocycles. The van der Waals surface area contributed by atoms with E-state index in [9.17, 15) is 0 Å². The predicted molar refractivity (Wildman–Crippen MR) is 121 cm³/mol. The molecule has 0 fully saturated rings. The molecular weight excluding hydrogens is 425 g/mol. The highest BCUT2D eigenvalue weighted by Crippen LogP contribution is 2.29. The van der Waals surface area contributed by atoms with Gasteiger partial charge in [-0.15, -0.1) is 10.2 Å². The van der Waals surface area contributed by atoms with Crippen molar-refractivity contribution in [1.29, 1.82) is 0 Å². The van der Waals surface area contributed by atoms with Crippen molar-refractivity contribution in [1.82, 2.24) is 14.8 Å². The van der Waals surface area contributed by atoms with Gasteiger partial charge in [0.15, 0.2) is 11.0 Å². The number of thioether (sulfide) groups is 1. The average Bonchev–Trinajstić information content (AvgIpc) is 3.09. The van der Waals surface area contributed by atoms with Crippen LogP contribution >= 0.6 is 35.0 Å². The van der Waals surface area contributed by atoms with Gasteiger partial charge < -0.3 is 9.30 Å². The molecule has 0 saturated carbocycles. The molecule has 7 heteroatoms. The van der Waals surface area contributed by atoms with Gasteiger partial charge in [0.25, 0.3) is 0 Å². The molecule has 0 bridgehead atoms. The fourth-order valence-electron chi connectivity index (χ4n) is 3.01. The van der Waals surface area contributed by atoms with Gasteiger partial charge in [-0.3, -0.25) is 0 Å². The lowest BCUT2D eigenvalue weighted by atomic mass is 10.0. The van der Waals surface area contributed by atoms with Gasteiger partial charge in [-0.25, -0.2) is 0 Å². The third-order valence-electron chi connectivity index (χ3n) is 4.61. The van der Waals surface area contributed by atoms with Crippen molar-refractivity contribution >= 4 is 35.0 Å². The Kier molecular flexibility index (Phi) is 7.49. The molecule has 0 spiro atoms. The Hall–Kier alpha value is -1.69. The number of halogens is 2. The molecule has 0 atom stereocenters. The first-order chi connectivity index (χ1) is 13.9. The lowest BCUT2D eigenvalue weighted by Gasteiger charge is -2.15. The molecule has 0 saturated heterocycles. The molecule has 2 aromatic carbocycles. The largest absolute Gasteiger partial charge is 0.485 e. The van der Waals surface area contributed by atoms with Gasteiger partial charge in [0, 0.05) is 12.3 Å². The summed E-state index contributed by atoms with van der Waals surface area (Å²) in [5.74, 6) is 2.87. The van der Waals surface area contributed by atoms with Crippen LogP contribution in [0.3, 0.4) is 0 Å². The molecule has 0 radical (unpaired) electrons. The van der Waals surface area contributed by atoms with Crippen molar-refractivity contribution in [2.24, 2.45) is 0 Å². The summed E-state index contributed by atoms with van der Waals surface area (Å²) in [6.07, 6.45) is 0. The lowest BCUT2D eigenvalue weighted by molar-refractivity contribution is 0.284. The molecule has 1 aromatic heterocycles. The van der Waals surface area contributed by atoms with Gasteiger partial charge >= 0.3 is 0 Å². The Morgan fingerprint density at radius 1 is 1.07 bits per heavy atom. The predicted octanol–water partition coefficient (Wildman–Crippen LogP) is 6.91. The van der Waals surface area contributed by atoms with Crippen molar-refractivity contribution in [2.75, 3.05) is 0 Å². The van der Waals surface area contributed by atoms with Crippen molar-refractivity contribution in [3.63, 3.8) is 0 Å². The molecule has 1 heterocycles. The second kappa shape index (κ2) is 9.88. The van der Waals surface area contributed by atoms with Crippen LogP contribution in [0.5, 0.6) is 5.75 Å². The maximum Gasteiger partial charge on any atom is 0.191 e. The van der Waals surface area contributed by atoms with E-state index in [1.165, 1.54) is 11.1 Å². The molecular formula is C22H25Cl2N3OS. The van der Waals surface area contributed by atoms with Crippen molar-refractivity contribution < 1.29 is 4.74 Å². The van der Waals surface area contributed by atoms with Crippen LogP contribution in [0.4, 0.5) is 0 Å². The molecule has 4 nitrogen and oxygen atoms in total. The first kappa shape index (κ1) is 22.0. The van der Waals surface area contributed by atoms with Gasteiger partial charge in [0.05, 0.1) is 10.0 Å². The summed E-state index contributed by atoms with van der Waals surface area (Å²) in [6, 6.07) is 12.0. The van der Waals surface area contributed by atoms with Crippen LogP contribution in [-0.2, 0) is 18.9 Å². The maximum atomic E-state index is 6.15. The Morgan fingerprint density at radius 2 is 1.86 bits per heavy atom. The average molecular weight is 450 g/mol. The Bertz CT molecular complexity index is 988. The van der Waals surface area contributed by atoms with Crippen LogP contribution in [-0.4, -0.2) is 14.8 Å². The smallest absolute Gasteiger partial charge is 0.191 e. The summed E-state index contributed by atoms with van der Waals surface area (Å²) in [7, 11) is 0. The summed E-state index contributed by atoms with van der Waals surface area (Å²) in [5.41, 5.74) is 3.47. The zero-order valence-corrected chi connectivity index (χ0v) is 19.4. The van der Waals surface area contributed by atoms with Crippen LogP contribution in [0.25, 0.3) is 0 Å². The summed E-state index contributed by atoms with van der Waals surface area (Å²) < 4.78 is 8.24. The summed E-state index contributed by atoms with van der Waals surface area (Å²) in [5, 5.41) is 10.7. The molecule has 3 rings (SSSR count). The Morgan fingerprint density at radius 3 is 2.55 bits per heavy atom. The van der Waals surface area contributed by atoms with E-state index in [4.69, 9.17) is 27.9 Å². The topological polar surface area (TPSA) is 39.9 Å². The molecule has 0 amide bonds. The standard InChI is InChI=1S/C22H25Cl2N3OS/c1-5-27-21(12-28-20-10-15(4)6-8-17(20)14(2)3)25-26-22(27)29-13-16-7-9-18(23)19(24)11-16/h6-11,14H,5,12-13H2,1-4H3. The highest BCUT2D eigenvalue weighted by molar-refractivity contribution is 7.98. The van der Waals surface area contributed by atoms with E-state index < -0.39 is 0 Å². The third kappa shape index (κ3) is 5.47. The normalized spacial score (nSPS) is 11.3. The van der Waals surface area contributed by atoms with E-state index in [2.05, 4.69) is 60.7 Å². The van der Waals surface area contributed by atoms with Crippen LogP contribution in [0, 0.1) is 6.92 Å². The minimum Gasteiger partial charge on any atom is -0.485 e. The minimum atomic E-state index is 0.386. The van der Waals surface area contributed by atoms with Gasteiger partial charge in [0.2, 0.25) is 0 Å². The van der Waals surface area contributed by atoms with E-state index in [1.54, 1.807) is 11.8 Å². The van der Waals surface area contributed by atoms with E-state index in [-0.39, 0.29) is 0 Å². The first-order valence-electron chi connectivity index (χ1n) is 9.61. The SMILES string of the molecule is CCn1c(COc2cc(C)ccc2C(C)C)nnc1SCc1ccc(Cl)c(Cl)c1. The lowest BCUT2D eigenvalue weighted by Crippen LogP contribution is -2.08. The number of rotatable bonds is 8. The highest BCUT2D eigenvalue weighted by atomic mass is 35.5. The molecule has 154 valence electrons. The van der Waals surface area contributed by atoms with E-state index >= 15 is 0 Å². The Labute approximate surface area is 186 Å². The van der Waals surface area contributed by atoms with E-state index in [1.807, 2.05) is 18.2 Å². The zero-order chi connectivity index (χ0) is 21.0. The van der Waals surface area contributed by atoms with E-state index in [0.717, 1.165) is 34.6 Å². The molecule has 0 aliphatic rings. The fraction of sp³-hybridized carbons (Fsp3) is 0.364. The number of hydrogen-bond acceptors (Lipinski definition) is 4. The fourth-order valence-corrected chi connectivity index (χ4v) is 4.30. The number of ether oxygens (including phenoxy) is 1. The molecule has 0 unspecified atom stereocenters. The van der Waals surface area contributed by atoms with Crippen LogP contribution in [0.2, 0.25) is 10.0 Å². The number of aromatic nitrogens is 3. The van der Waals surface area contributed by atoms with Crippen LogP contribution < -0.4 is 4.74 Å². The minimum absolute atomic E-state index is 0.386. The number of hydrogen-bond donors (Lipinski definition) is 0. The zero-order valence-electron chi connectivity index (χ0n) is 17.1. The number of nitrogens with zero attached hydrogens (tertiary/aromatic N) is 3. The summed E-state index contributed by atoms with van der Waals surface area (Å²) >= 11 is 13.7. The van der Waals surface area contributed by atoms with Gasteiger partial charge in [-0.05, 0) is 54.7 Å².